The van der Waals surface area contributed by atoms with Crippen molar-refractivity contribution in [2.24, 2.45) is 0 Å². The van der Waals surface area contributed by atoms with Crippen molar-refractivity contribution < 1.29 is 14.6 Å². The van der Waals surface area contributed by atoms with E-state index in [0.29, 0.717) is 0 Å². The van der Waals surface area contributed by atoms with Crippen LogP contribution in [0.3, 0.4) is 0 Å². The third kappa shape index (κ3) is 5.25. The van der Waals surface area contributed by atoms with E-state index in [-0.39, 0.29) is 12.7 Å². The van der Waals surface area contributed by atoms with Gasteiger partial charge in [0.05, 0.1) is 6.61 Å². The molecule has 0 aliphatic heterocycles. The molecule has 1 atom stereocenters. The molecule has 0 heterocycles. The molecule has 2 rings (SSSR count). The van der Waals surface area contributed by atoms with E-state index in [1.165, 1.54) is 0 Å². The zero-order chi connectivity index (χ0) is 15.1. The molecule has 4 heteroatoms. The summed E-state index contributed by atoms with van der Waals surface area (Å²) in [5.74, 6) is 2.29. The quantitative estimate of drug-likeness (QED) is 0.777. The van der Waals surface area contributed by atoms with E-state index in [4.69, 9.17) is 14.6 Å². The summed E-state index contributed by atoms with van der Waals surface area (Å²) < 4.78 is 12.4. The van der Waals surface area contributed by atoms with Gasteiger partial charge < -0.3 is 14.6 Å². The van der Waals surface area contributed by atoms with Gasteiger partial charge >= 0.3 is 0 Å². The number of benzene rings is 2. The van der Waals surface area contributed by atoms with Gasteiger partial charge in [0.2, 0.25) is 0 Å². The predicted molar refractivity (Wildman–Crippen MR) is 87.0 cm³/mol. The van der Waals surface area contributed by atoms with Crippen LogP contribution in [0.15, 0.2) is 65.2 Å². The van der Waals surface area contributed by atoms with Crippen LogP contribution in [0.5, 0.6) is 17.2 Å². The van der Waals surface area contributed by atoms with Gasteiger partial charge in [-0.25, -0.2) is 0 Å². The summed E-state index contributed by atoms with van der Waals surface area (Å²) in [4.78, 5) is 0. The highest BCUT2D eigenvalue weighted by molar-refractivity contribution is 9.10. The van der Waals surface area contributed by atoms with Crippen LogP contribution in [0.1, 0.15) is 6.92 Å². The number of rotatable bonds is 6. The zero-order valence-electron chi connectivity index (χ0n) is 11.7. The monoisotopic (exact) mass is 348 g/mol. The molecule has 1 unspecified atom stereocenters. The van der Waals surface area contributed by atoms with Gasteiger partial charge in [-0.3, -0.25) is 0 Å². The second-order valence-corrected chi connectivity index (χ2v) is 5.38. The van der Waals surface area contributed by atoms with Crippen LogP contribution >= 0.6 is 15.9 Å². The Labute approximate surface area is 133 Å². The first-order valence-corrected chi connectivity index (χ1v) is 7.44. The molecule has 2 aromatic rings. The molecule has 0 radical (unpaired) electrons. The molecule has 0 fully saturated rings. The van der Waals surface area contributed by atoms with E-state index < -0.39 is 0 Å². The third-order valence-electron chi connectivity index (χ3n) is 2.71. The van der Waals surface area contributed by atoms with E-state index in [1.807, 2.05) is 61.5 Å². The molecule has 110 valence electrons. The maximum Gasteiger partial charge on any atom is 0.127 e. The lowest BCUT2D eigenvalue weighted by atomic mass is 10.3. The van der Waals surface area contributed by atoms with Crippen molar-refractivity contribution in [2.45, 2.75) is 13.0 Å². The van der Waals surface area contributed by atoms with Gasteiger partial charge in [-0.1, -0.05) is 22.0 Å². The molecule has 1 N–H and O–H groups in total. The average Bonchev–Trinajstić information content (AvgIpc) is 2.49. The Balaban J connectivity index is 1.95. The van der Waals surface area contributed by atoms with Gasteiger partial charge in [-0.2, -0.15) is 0 Å². The van der Waals surface area contributed by atoms with Crippen molar-refractivity contribution in [1.82, 2.24) is 0 Å². The van der Waals surface area contributed by atoms with E-state index in [9.17, 15) is 0 Å². The molecule has 0 aliphatic carbocycles. The van der Waals surface area contributed by atoms with Crippen molar-refractivity contribution in [1.29, 1.82) is 0 Å². The van der Waals surface area contributed by atoms with Gasteiger partial charge in [0.25, 0.3) is 0 Å². The van der Waals surface area contributed by atoms with Crippen LogP contribution in [0, 0.1) is 0 Å². The minimum Gasteiger partial charge on any atom is -0.487 e. The number of hydrogen-bond donors (Lipinski definition) is 1. The molecular formula is C17H17BrO3. The van der Waals surface area contributed by atoms with Gasteiger partial charge in [0.15, 0.2) is 0 Å². The highest BCUT2D eigenvalue weighted by atomic mass is 79.9. The first-order valence-electron chi connectivity index (χ1n) is 6.65. The van der Waals surface area contributed by atoms with Crippen LogP contribution < -0.4 is 9.47 Å². The summed E-state index contributed by atoms with van der Waals surface area (Å²) in [6.45, 7) is 1.94. The Morgan fingerprint density at radius 3 is 2.10 bits per heavy atom. The molecular weight excluding hydrogens is 332 g/mol. The summed E-state index contributed by atoms with van der Waals surface area (Å²) >= 11 is 3.39. The molecule has 0 aromatic heterocycles. The molecule has 0 spiro atoms. The summed E-state index contributed by atoms with van der Waals surface area (Å²) in [7, 11) is 0. The maximum absolute atomic E-state index is 8.71. The highest BCUT2D eigenvalue weighted by Gasteiger charge is 2.01. The fourth-order valence-corrected chi connectivity index (χ4v) is 2.00. The van der Waals surface area contributed by atoms with Crippen LogP contribution in [0.4, 0.5) is 0 Å². The minimum atomic E-state index is -0.0876. The van der Waals surface area contributed by atoms with Crippen LogP contribution in [-0.2, 0) is 0 Å². The number of aliphatic hydroxyl groups is 1. The fraction of sp³-hybridized carbons (Fsp3) is 0.176. The summed E-state index contributed by atoms with van der Waals surface area (Å²) in [5, 5.41) is 8.71. The molecule has 3 nitrogen and oxygen atoms in total. The van der Waals surface area contributed by atoms with E-state index in [0.717, 1.165) is 21.7 Å². The minimum absolute atomic E-state index is 0.0215. The number of ether oxygens (including phenoxy) is 2. The van der Waals surface area contributed by atoms with Gasteiger partial charge in [-0.15, -0.1) is 0 Å². The third-order valence-corrected chi connectivity index (χ3v) is 3.24. The van der Waals surface area contributed by atoms with Crippen LogP contribution in [-0.4, -0.2) is 17.8 Å². The van der Waals surface area contributed by atoms with Gasteiger partial charge in [0.1, 0.15) is 23.4 Å². The molecule has 0 amide bonds. The number of aliphatic hydroxyl groups excluding tert-OH is 1. The largest absolute Gasteiger partial charge is 0.487 e. The second kappa shape index (κ2) is 7.86. The maximum atomic E-state index is 8.71. The molecule has 0 saturated carbocycles. The van der Waals surface area contributed by atoms with Crippen molar-refractivity contribution in [3.8, 4) is 17.2 Å². The molecule has 0 bridgehead atoms. The Kier molecular flexibility index (Phi) is 5.84. The van der Waals surface area contributed by atoms with Crippen molar-refractivity contribution >= 4 is 15.9 Å². The van der Waals surface area contributed by atoms with Crippen molar-refractivity contribution in [3.63, 3.8) is 0 Å². The Morgan fingerprint density at radius 1 is 1.00 bits per heavy atom. The fourth-order valence-electron chi connectivity index (χ4n) is 1.73. The van der Waals surface area contributed by atoms with Gasteiger partial charge in [0, 0.05) is 4.47 Å². The Bertz CT molecular complexity index is 576. The number of hydrogen-bond acceptors (Lipinski definition) is 3. The lowest BCUT2D eigenvalue weighted by Crippen LogP contribution is -2.07. The predicted octanol–water partition coefficient (Wildman–Crippen LogP) is 4.56. The second-order valence-electron chi connectivity index (χ2n) is 4.46. The summed E-state index contributed by atoms with van der Waals surface area (Å²) in [6, 6.07) is 15.1. The number of halogens is 1. The molecule has 0 saturated heterocycles. The van der Waals surface area contributed by atoms with E-state index in [2.05, 4.69) is 15.9 Å². The smallest absolute Gasteiger partial charge is 0.127 e. The van der Waals surface area contributed by atoms with E-state index in [1.54, 1.807) is 6.08 Å². The lowest BCUT2D eigenvalue weighted by molar-refractivity contribution is 0.267. The SMILES string of the molecule is CC(C=CCO)Oc1ccc(Oc2ccc(Br)cc2)cc1. The Morgan fingerprint density at radius 2 is 1.52 bits per heavy atom. The molecule has 21 heavy (non-hydrogen) atoms. The normalized spacial score (nSPS) is 12.3. The van der Waals surface area contributed by atoms with E-state index >= 15 is 0 Å². The lowest BCUT2D eigenvalue weighted by Gasteiger charge is -2.11. The van der Waals surface area contributed by atoms with Crippen molar-refractivity contribution in [2.75, 3.05) is 6.61 Å². The van der Waals surface area contributed by atoms with Crippen LogP contribution in [0.25, 0.3) is 0 Å². The summed E-state index contributed by atoms with van der Waals surface area (Å²) in [5.41, 5.74) is 0. The molecule has 0 aliphatic rings. The first kappa shape index (κ1) is 15.6. The first-order chi connectivity index (χ1) is 10.2. The summed E-state index contributed by atoms with van der Waals surface area (Å²) in [6.07, 6.45) is 3.39. The topological polar surface area (TPSA) is 38.7 Å². The van der Waals surface area contributed by atoms with Crippen LogP contribution in [0.2, 0.25) is 0 Å². The molecule has 2 aromatic carbocycles. The zero-order valence-corrected chi connectivity index (χ0v) is 13.3. The standard InChI is InChI=1S/C17H17BrO3/c1-13(3-2-12-19)20-15-8-10-17(11-9-15)21-16-6-4-14(18)5-7-16/h2-11,13,19H,12H2,1H3. The Hall–Kier alpha value is -1.78. The van der Waals surface area contributed by atoms with Gasteiger partial charge in [-0.05, 0) is 61.5 Å². The highest BCUT2D eigenvalue weighted by Crippen LogP contribution is 2.25. The average molecular weight is 349 g/mol. The van der Waals surface area contributed by atoms with Crippen molar-refractivity contribution in [3.05, 3.63) is 65.2 Å².